The van der Waals surface area contributed by atoms with E-state index in [0.717, 1.165) is 56.1 Å². The molecule has 9 heterocycles. The lowest BCUT2D eigenvalue weighted by Crippen LogP contribution is -2.74. The number of hydrogen-bond donors (Lipinski definition) is 3. The molecule has 14 nitrogen and oxygen atoms in total. The van der Waals surface area contributed by atoms with Gasteiger partial charge in [0.2, 0.25) is 5.91 Å². The predicted octanol–water partition coefficient (Wildman–Crippen LogP) is 3.37. The van der Waals surface area contributed by atoms with Gasteiger partial charge in [0.1, 0.15) is 23.6 Å². The number of ketones is 1. The summed E-state index contributed by atoms with van der Waals surface area (Å²) in [5.41, 5.74) is 1.46. The van der Waals surface area contributed by atoms with Crippen molar-refractivity contribution in [3.63, 3.8) is 0 Å². The van der Waals surface area contributed by atoms with Crippen LogP contribution >= 0.6 is 0 Å². The minimum atomic E-state index is -1.39. The average molecular weight is 816 g/mol. The predicted molar refractivity (Wildman–Crippen MR) is 207 cm³/mol. The Morgan fingerprint density at radius 2 is 1.66 bits per heavy atom. The number of methoxy groups -OCH3 is 2. The van der Waals surface area contributed by atoms with Gasteiger partial charge >= 0.3 is 0 Å². The summed E-state index contributed by atoms with van der Waals surface area (Å²) in [5.74, 6) is -1.62. The molecule has 1 amide bonds. The average Bonchev–Trinajstić information content (AvgIpc) is 3.90. The molecule has 9 aliphatic heterocycles. The molecule has 14 heteroatoms. The van der Waals surface area contributed by atoms with E-state index in [1.165, 1.54) is 0 Å². The van der Waals surface area contributed by atoms with Gasteiger partial charge in [0.15, 0.2) is 5.79 Å². The lowest BCUT2D eigenvalue weighted by atomic mass is 9.61. The van der Waals surface area contributed by atoms with E-state index in [2.05, 4.69) is 18.5 Å². The SMILES string of the molecule is C=C1C[C@@H]2CC[C@@]3(O)C[C@H]4OC56C[C@@H]4C5O[C@H]4CC[C@H](CC(=O)C[C@@H]5[C@@H](OC)[C@@H](C[C@@H](CNC(=O)CCO)OC)O[C@H]5C[C@H]5O[C@H](CCC5=C)CC[C@@H]1O2)O[C@@H]4[C@@H]6O3. The third kappa shape index (κ3) is 7.91. The van der Waals surface area contributed by atoms with Crippen molar-refractivity contribution >= 4 is 11.7 Å². The van der Waals surface area contributed by atoms with Crippen LogP contribution in [0.15, 0.2) is 24.3 Å². The molecule has 58 heavy (non-hydrogen) atoms. The highest BCUT2D eigenvalue weighted by Crippen LogP contribution is 2.64. The highest BCUT2D eigenvalue weighted by molar-refractivity contribution is 5.79. The monoisotopic (exact) mass is 815 g/mol. The fraction of sp³-hybridized carbons (Fsp3) is 0.864. The molecule has 1 spiro atoms. The van der Waals surface area contributed by atoms with Gasteiger partial charge < -0.3 is 58.2 Å². The van der Waals surface area contributed by atoms with Crippen molar-refractivity contribution in [2.24, 2.45) is 11.8 Å². The van der Waals surface area contributed by atoms with Crippen molar-refractivity contribution in [1.29, 1.82) is 0 Å². The van der Waals surface area contributed by atoms with Crippen molar-refractivity contribution in [3.8, 4) is 0 Å². The Bertz CT molecular complexity index is 1560. The summed E-state index contributed by atoms with van der Waals surface area (Å²) in [5, 5.41) is 24.2. The number of carbonyl (C=O) groups is 2. The number of hydrogen-bond acceptors (Lipinski definition) is 13. The van der Waals surface area contributed by atoms with Crippen LogP contribution in [0.25, 0.3) is 0 Å². The molecule has 0 radical (unpaired) electrons. The zero-order valence-electron chi connectivity index (χ0n) is 34.3. The smallest absolute Gasteiger partial charge is 0.222 e. The Morgan fingerprint density at radius 1 is 0.845 bits per heavy atom. The number of nitrogens with one attached hydrogen (secondary N) is 1. The number of amides is 1. The van der Waals surface area contributed by atoms with Crippen LogP contribution in [0.3, 0.4) is 0 Å². The summed E-state index contributed by atoms with van der Waals surface area (Å²) in [6.07, 6.45) is 5.61. The molecule has 0 aromatic carbocycles. The molecule has 18 atom stereocenters. The quantitative estimate of drug-likeness (QED) is 0.306. The van der Waals surface area contributed by atoms with Crippen LogP contribution in [0.5, 0.6) is 0 Å². The van der Waals surface area contributed by atoms with Gasteiger partial charge in [-0.05, 0) is 68.9 Å². The van der Waals surface area contributed by atoms with Crippen LogP contribution < -0.4 is 5.32 Å². The van der Waals surface area contributed by atoms with Crippen molar-refractivity contribution in [1.82, 2.24) is 5.32 Å². The first-order valence-electron chi connectivity index (χ1n) is 22.1. The first-order valence-corrected chi connectivity index (χ1v) is 22.1. The molecule has 0 aromatic heterocycles. The van der Waals surface area contributed by atoms with E-state index < -0.39 is 35.8 Å². The van der Waals surface area contributed by atoms with Gasteiger partial charge in [-0.3, -0.25) is 9.59 Å². The van der Waals surface area contributed by atoms with Crippen LogP contribution in [0, 0.1) is 11.8 Å². The Morgan fingerprint density at radius 3 is 2.47 bits per heavy atom. The Kier molecular flexibility index (Phi) is 12.0. The summed E-state index contributed by atoms with van der Waals surface area (Å²) < 4.78 is 59.3. The summed E-state index contributed by atoms with van der Waals surface area (Å²) in [4.78, 5) is 26.4. The summed E-state index contributed by atoms with van der Waals surface area (Å²) in [7, 11) is 3.26. The van der Waals surface area contributed by atoms with Gasteiger partial charge in [-0.15, -0.1) is 0 Å². The minimum absolute atomic E-state index is 0.0175. The second-order valence-electron chi connectivity index (χ2n) is 18.9. The van der Waals surface area contributed by atoms with Crippen LogP contribution in [0.1, 0.15) is 103 Å². The minimum Gasteiger partial charge on any atom is -0.396 e. The van der Waals surface area contributed by atoms with Crippen LogP contribution in [0.4, 0.5) is 0 Å². The molecule has 324 valence electrons. The normalized spacial score (nSPS) is 48.1. The van der Waals surface area contributed by atoms with Crippen molar-refractivity contribution in [3.05, 3.63) is 24.3 Å². The van der Waals surface area contributed by atoms with Gasteiger partial charge in [-0.2, -0.15) is 0 Å². The Hall–Kier alpha value is -1.82. The topological polar surface area (TPSA) is 170 Å². The first-order chi connectivity index (χ1) is 28.0. The molecule has 0 aromatic rings. The van der Waals surface area contributed by atoms with Crippen LogP contribution in [0.2, 0.25) is 0 Å². The second kappa shape index (κ2) is 16.8. The number of rotatable bonds is 8. The third-order valence-corrected chi connectivity index (χ3v) is 15.2. The van der Waals surface area contributed by atoms with Crippen LogP contribution in [-0.2, 0) is 52.2 Å². The molecule has 11 bridgehead atoms. The number of fused-ring (bicyclic) bond motifs is 7. The van der Waals surface area contributed by atoms with E-state index in [1.807, 2.05) is 0 Å². The van der Waals surface area contributed by atoms with E-state index in [0.29, 0.717) is 38.5 Å². The van der Waals surface area contributed by atoms with E-state index in [4.69, 9.17) is 42.6 Å². The van der Waals surface area contributed by atoms with Gasteiger partial charge in [0, 0.05) is 77.5 Å². The zero-order valence-corrected chi connectivity index (χ0v) is 34.3. The molecule has 10 aliphatic rings. The van der Waals surface area contributed by atoms with E-state index in [-0.39, 0.29) is 117 Å². The standard InChI is InChI=1S/C44H65NO13/c1-23-5-6-26-7-9-32-24(2)15-28(53-32)11-13-43(49)21-37-31-20-44(57-37)41(31)56-33-10-8-27(54-40(33)42(44)58-43)16-25(47)17-30-35(19-34(23)52-26)55-36(39(30)51-4)18-29(50-3)22-45-38(48)12-14-46/h26-37,39-42,46,49H,1-2,5-22H2,3-4H3,(H,45,48)/t26-,27-,28+,29+,30+,31+,32+,33+,34-,35+,36-,37-,39-,40+,41?,42+,43+,44?/m1/s1. The van der Waals surface area contributed by atoms with Crippen molar-refractivity contribution in [2.75, 3.05) is 27.4 Å². The maximum atomic E-state index is 14.3. The zero-order chi connectivity index (χ0) is 40.3. The second-order valence-corrected chi connectivity index (χ2v) is 18.9. The highest BCUT2D eigenvalue weighted by Gasteiger charge is 2.77. The number of Topliss-reactive ketones (excluding diaryl/α,β-unsaturated/α-hetero) is 1. The number of aliphatic hydroxyl groups is 2. The molecule has 1 aliphatic carbocycles. The third-order valence-electron chi connectivity index (χ3n) is 15.2. The molecule has 1 saturated carbocycles. The van der Waals surface area contributed by atoms with E-state index >= 15 is 0 Å². The van der Waals surface area contributed by atoms with Crippen LogP contribution in [-0.4, -0.2) is 146 Å². The molecule has 10 fully saturated rings. The maximum absolute atomic E-state index is 14.3. The summed E-state index contributed by atoms with van der Waals surface area (Å²) >= 11 is 0. The van der Waals surface area contributed by atoms with Gasteiger partial charge in [-0.1, -0.05) is 13.2 Å². The van der Waals surface area contributed by atoms with Crippen molar-refractivity contribution in [2.45, 2.75) is 200 Å². The van der Waals surface area contributed by atoms with Crippen molar-refractivity contribution < 1.29 is 62.4 Å². The maximum Gasteiger partial charge on any atom is 0.222 e. The highest BCUT2D eigenvalue weighted by atomic mass is 16.7. The fourth-order valence-corrected chi connectivity index (χ4v) is 12.1. The van der Waals surface area contributed by atoms with Gasteiger partial charge in [0.25, 0.3) is 0 Å². The fourth-order valence-electron chi connectivity index (χ4n) is 12.1. The molecular formula is C44H65NO13. The van der Waals surface area contributed by atoms with Gasteiger partial charge in [0.05, 0.1) is 79.9 Å². The molecule has 2 unspecified atom stereocenters. The molecule has 10 rings (SSSR count). The Labute approximate surface area is 341 Å². The van der Waals surface area contributed by atoms with Gasteiger partial charge in [-0.25, -0.2) is 0 Å². The lowest BCUT2D eigenvalue weighted by molar-refractivity contribution is -0.360. The molecule has 3 N–H and O–H groups in total. The summed E-state index contributed by atoms with van der Waals surface area (Å²) in [6.45, 7) is 8.84. The number of ether oxygens (including phenoxy) is 9. The van der Waals surface area contributed by atoms with E-state index in [1.54, 1.807) is 14.2 Å². The molecular weight excluding hydrogens is 750 g/mol. The number of aliphatic hydroxyl groups excluding tert-OH is 1. The Balaban J connectivity index is 0.967. The largest absolute Gasteiger partial charge is 0.396 e. The summed E-state index contributed by atoms with van der Waals surface area (Å²) in [6, 6.07) is 0. The lowest BCUT2D eigenvalue weighted by Gasteiger charge is -2.60. The first kappa shape index (κ1) is 41.5. The number of carbonyl (C=O) groups excluding carboxylic acids is 2. The molecule has 9 saturated heterocycles. The van der Waals surface area contributed by atoms with E-state index in [9.17, 15) is 19.8 Å².